The van der Waals surface area contributed by atoms with E-state index in [0.717, 1.165) is 17.0 Å². The second-order valence-corrected chi connectivity index (χ2v) is 7.21. The van der Waals surface area contributed by atoms with Gasteiger partial charge in [0.15, 0.2) is 5.11 Å². The molecule has 1 N–H and O–H groups in total. The van der Waals surface area contributed by atoms with E-state index >= 15 is 0 Å². The number of nitrogens with one attached hydrogen (secondary N) is 1. The molecule has 0 aliphatic carbocycles. The number of rotatable bonds is 6. The van der Waals surface area contributed by atoms with Crippen LogP contribution in [0.1, 0.15) is 19.7 Å². The normalized spacial score (nSPS) is 10.8. The van der Waals surface area contributed by atoms with Crippen molar-refractivity contribution < 1.29 is 9.15 Å². The van der Waals surface area contributed by atoms with Crippen LogP contribution in [0, 0.1) is 0 Å². The molecule has 6 nitrogen and oxygen atoms in total. The topological polar surface area (TPSA) is 63.4 Å². The summed E-state index contributed by atoms with van der Waals surface area (Å²) in [5.74, 6) is 1.72. The van der Waals surface area contributed by atoms with Crippen molar-refractivity contribution >= 4 is 34.6 Å². The van der Waals surface area contributed by atoms with Gasteiger partial charge in [0.25, 0.3) is 0 Å². The highest BCUT2D eigenvalue weighted by atomic mass is 35.5. The van der Waals surface area contributed by atoms with E-state index in [9.17, 15) is 0 Å². The molecule has 3 rings (SSSR count). The van der Waals surface area contributed by atoms with E-state index in [1.165, 1.54) is 0 Å². The molecule has 0 aliphatic heterocycles. The van der Waals surface area contributed by atoms with Gasteiger partial charge in [-0.1, -0.05) is 11.6 Å². The maximum Gasteiger partial charge on any atom is 0.247 e. The highest BCUT2D eigenvalue weighted by molar-refractivity contribution is 7.80. The van der Waals surface area contributed by atoms with Gasteiger partial charge in [-0.2, -0.15) is 0 Å². The van der Waals surface area contributed by atoms with Gasteiger partial charge >= 0.3 is 0 Å². The van der Waals surface area contributed by atoms with Crippen LogP contribution >= 0.6 is 23.8 Å². The quantitative estimate of drug-likeness (QED) is 0.567. The average Bonchev–Trinajstić information content (AvgIpc) is 3.15. The fourth-order valence-electron chi connectivity index (χ4n) is 2.53. The summed E-state index contributed by atoms with van der Waals surface area (Å²) in [5, 5.41) is 12.8. The Bertz CT molecular complexity index is 926. The van der Waals surface area contributed by atoms with Gasteiger partial charge in [0, 0.05) is 22.3 Å². The van der Waals surface area contributed by atoms with Crippen LogP contribution < -0.4 is 10.1 Å². The summed E-state index contributed by atoms with van der Waals surface area (Å²) in [6.07, 6.45) is 0. The lowest BCUT2D eigenvalue weighted by Gasteiger charge is -2.28. The fraction of sp³-hybridized carbons (Fsp3) is 0.250. The third kappa shape index (κ3) is 4.99. The molecular weight excluding hydrogens is 396 g/mol. The summed E-state index contributed by atoms with van der Waals surface area (Å²) in [6, 6.07) is 15.0. The van der Waals surface area contributed by atoms with Gasteiger partial charge in [-0.25, -0.2) is 0 Å². The number of benzene rings is 2. The molecule has 3 aromatic rings. The number of thiocarbonyl (C=S) groups is 1. The van der Waals surface area contributed by atoms with E-state index in [4.69, 9.17) is 33.0 Å². The number of anilines is 1. The molecule has 8 heteroatoms. The van der Waals surface area contributed by atoms with Crippen LogP contribution in [0.25, 0.3) is 11.5 Å². The van der Waals surface area contributed by atoms with Crippen molar-refractivity contribution in [3.63, 3.8) is 0 Å². The van der Waals surface area contributed by atoms with Crippen molar-refractivity contribution in [2.75, 3.05) is 12.4 Å². The lowest BCUT2D eigenvalue weighted by Crippen LogP contribution is -2.39. The van der Waals surface area contributed by atoms with Gasteiger partial charge < -0.3 is 19.4 Å². The van der Waals surface area contributed by atoms with E-state index in [-0.39, 0.29) is 6.04 Å². The minimum atomic E-state index is 0.143. The molecule has 0 spiro atoms. The van der Waals surface area contributed by atoms with Crippen LogP contribution in [0.5, 0.6) is 5.75 Å². The molecule has 0 amide bonds. The van der Waals surface area contributed by atoms with Gasteiger partial charge in [0.05, 0.1) is 13.7 Å². The van der Waals surface area contributed by atoms with Gasteiger partial charge in [0.1, 0.15) is 5.75 Å². The number of methoxy groups -OCH3 is 1. The van der Waals surface area contributed by atoms with E-state index < -0.39 is 0 Å². The van der Waals surface area contributed by atoms with Crippen LogP contribution in [0.15, 0.2) is 52.9 Å². The molecule has 0 aliphatic rings. The minimum Gasteiger partial charge on any atom is -0.497 e. The zero-order chi connectivity index (χ0) is 20.1. The SMILES string of the molecule is COc1ccc(NC(=S)N(Cc2nnc(-c3ccc(Cl)cc3)o2)C(C)C)cc1. The van der Waals surface area contributed by atoms with Crippen LogP contribution in [0.2, 0.25) is 5.02 Å². The van der Waals surface area contributed by atoms with E-state index in [1.807, 2.05) is 41.3 Å². The van der Waals surface area contributed by atoms with Crippen molar-refractivity contribution in [3.8, 4) is 17.2 Å². The summed E-state index contributed by atoms with van der Waals surface area (Å²) < 4.78 is 11.0. The van der Waals surface area contributed by atoms with Crippen LogP contribution in [-0.4, -0.2) is 33.4 Å². The summed E-state index contributed by atoms with van der Waals surface area (Å²) in [5.41, 5.74) is 1.70. The number of hydrogen-bond donors (Lipinski definition) is 1. The van der Waals surface area contributed by atoms with Crippen molar-refractivity contribution in [1.29, 1.82) is 0 Å². The number of ether oxygens (including phenoxy) is 1. The molecule has 1 aromatic heterocycles. The third-order valence-electron chi connectivity index (χ3n) is 4.09. The molecule has 28 heavy (non-hydrogen) atoms. The second-order valence-electron chi connectivity index (χ2n) is 6.39. The average molecular weight is 417 g/mol. The van der Waals surface area contributed by atoms with Gasteiger partial charge in [-0.15, -0.1) is 10.2 Å². The summed E-state index contributed by atoms with van der Waals surface area (Å²) in [6.45, 7) is 4.51. The smallest absolute Gasteiger partial charge is 0.247 e. The van der Waals surface area contributed by atoms with E-state index in [1.54, 1.807) is 19.2 Å². The molecule has 0 unspecified atom stereocenters. The van der Waals surface area contributed by atoms with E-state index in [0.29, 0.717) is 28.5 Å². The van der Waals surface area contributed by atoms with Crippen molar-refractivity contribution in [2.45, 2.75) is 26.4 Å². The summed E-state index contributed by atoms with van der Waals surface area (Å²) in [7, 11) is 1.64. The number of nitrogens with zero attached hydrogens (tertiary/aromatic N) is 3. The molecule has 0 radical (unpaired) electrons. The van der Waals surface area contributed by atoms with E-state index in [2.05, 4.69) is 29.4 Å². The molecule has 146 valence electrons. The second kappa shape index (κ2) is 9.03. The summed E-state index contributed by atoms with van der Waals surface area (Å²) in [4.78, 5) is 1.98. The van der Waals surface area contributed by atoms with Crippen LogP contribution in [-0.2, 0) is 6.54 Å². The Kier molecular flexibility index (Phi) is 6.49. The Labute approximate surface area is 174 Å². The van der Waals surface area contributed by atoms with Crippen LogP contribution in [0.3, 0.4) is 0 Å². The minimum absolute atomic E-state index is 0.143. The van der Waals surface area contributed by atoms with Gasteiger partial charge in [-0.05, 0) is 74.6 Å². The lowest BCUT2D eigenvalue weighted by atomic mass is 10.2. The lowest BCUT2D eigenvalue weighted by molar-refractivity contribution is 0.309. The Hall–Kier alpha value is -2.64. The predicted octanol–water partition coefficient (Wildman–Crippen LogP) is 5.01. The molecule has 0 saturated carbocycles. The zero-order valence-corrected chi connectivity index (χ0v) is 17.4. The molecular formula is C20H21ClN4O2S. The first-order chi connectivity index (χ1) is 13.5. The Morgan fingerprint density at radius 2 is 1.82 bits per heavy atom. The molecule has 0 atom stereocenters. The standard InChI is InChI=1S/C20H21ClN4O2S/c1-13(2)25(20(28)22-16-8-10-17(26-3)11-9-16)12-18-23-24-19(27-18)14-4-6-15(21)7-5-14/h4-11,13H,12H2,1-3H3,(H,22,28). The first-order valence-corrected chi connectivity index (χ1v) is 9.55. The number of halogens is 1. The molecule has 0 bridgehead atoms. The zero-order valence-electron chi connectivity index (χ0n) is 15.8. The fourth-order valence-corrected chi connectivity index (χ4v) is 3.05. The maximum atomic E-state index is 5.92. The highest BCUT2D eigenvalue weighted by Gasteiger charge is 2.18. The Morgan fingerprint density at radius 3 is 2.43 bits per heavy atom. The first-order valence-electron chi connectivity index (χ1n) is 8.76. The van der Waals surface area contributed by atoms with Gasteiger partial charge in [-0.3, -0.25) is 0 Å². The highest BCUT2D eigenvalue weighted by Crippen LogP contribution is 2.21. The maximum absolute atomic E-state index is 5.92. The molecule has 2 aromatic carbocycles. The molecule has 0 saturated heterocycles. The Morgan fingerprint density at radius 1 is 1.14 bits per heavy atom. The summed E-state index contributed by atoms with van der Waals surface area (Å²) >= 11 is 11.5. The predicted molar refractivity (Wildman–Crippen MR) is 115 cm³/mol. The largest absolute Gasteiger partial charge is 0.497 e. The monoisotopic (exact) mass is 416 g/mol. The van der Waals surface area contributed by atoms with Crippen molar-refractivity contribution in [2.24, 2.45) is 0 Å². The molecule has 1 heterocycles. The van der Waals surface area contributed by atoms with Crippen molar-refractivity contribution in [1.82, 2.24) is 15.1 Å². The van der Waals surface area contributed by atoms with Gasteiger partial charge in [0.2, 0.25) is 11.8 Å². The van der Waals surface area contributed by atoms with Crippen molar-refractivity contribution in [3.05, 3.63) is 59.4 Å². The van der Waals surface area contributed by atoms with Crippen LogP contribution in [0.4, 0.5) is 5.69 Å². The number of hydrogen-bond acceptors (Lipinski definition) is 5. The molecule has 0 fully saturated rings. The first kappa shape index (κ1) is 20.1. The number of aromatic nitrogens is 2. The third-order valence-corrected chi connectivity index (χ3v) is 4.68. The Balaban J connectivity index is 1.70.